The molecule has 138 valence electrons. The molecular formula is C20H35NO3. The highest BCUT2D eigenvalue weighted by molar-refractivity contribution is 5.74. The Morgan fingerprint density at radius 2 is 1.33 bits per heavy atom. The van der Waals surface area contributed by atoms with E-state index in [9.17, 15) is 9.59 Å². The van der Waals surface area contributed by atoms with Gasteiger partial charge < -0.3 is 4.74 Å². The summed E-state index contributed by atoms with van der Waals surface area (Å²) in [6.45, 7) is 2.60. The van der Waals surface area contributed by atoms with Gasteiger partial charge in [0, 0.05) is 0 Å². The third-order valence-electron chi connectivity index (χ3n) is 4.02. The highest BCUT2D eigenvalue weighted by Gasteiger charge is 1.98. The average Bonchev–Trinajstić information content (AvgIpc) is 2.58. The lowest BCUT2D eigenvalue weighted by atomic mass is 10.1. The van der Waals surface area contributed by atoms with Gasteiger partial charge in [0.15, 0.2) is 0 Å². The summed E-state index contributed by atoms with van der Waals surface area (Å²) in [6, 6.07) is 0. The number of unbranched alkanes of at least 4 members (excludes halogenated alkanes) is 12. The van der Waals surface area contributed by atoms with E-state index in [2.05, 4.69) is 24.1 Å². The summed E-state index contributed by atoms with van der Waals surface area (Å²) >= 11 is 0. The van der Waals surface area contributed by atoms with Crippen molar-refractivity contribution in [2.24, 2.45) is 4.99 Å². The number of allylic oxidation sites excluding steroid dienone is 2. The second-order valence-corrected chi connectivity index (χ2v) is 6.26. The van der Waals surface area contributed by atoms with Crippen LogP contribution in [0.1, 0.15) is 96.8 Å². The van der Waals surface area contributed by atoms with Crippen molar-refractivity contribution in [3.63, 3.8) is 0 Å². The Hall–Kier alpha value is -1.41. The van der Waals surface area contributed by atoms with Crippen LogP contribution in [0.15, 0.2) is 17.1 Å². The molecule has 0 saturated carbocycles. The van der Waals surface area contributed by atoms with Gasteiger partial charge >= 0.3 is 6.09 Å². The van der Waals surface area contributed by atoms with Gasteiger partial charge in [-0.15, -0.1) is 0 Å². The van der Waals surface area contributed by atoms with Gasteiger partial charge in [-0.05, 0) is 32.1 Å². The van der Waals surface area contributed by atoms with Crippen LogP contribution >= 0.6 is 0 Å². The Morgan fingerprint density at radius 3 is 1.88 bits per heavy atom. The summed E-state index contributed by atoms with van der Waals surface area (Å²) in [5.41, 5.74) is 0. The molecule has 4 heteroatoms. The fraction of sp³-hybridized carbons (Fsp3) is 0.800. The molecule has 0 unspecified atom stereocenters. The Labute approximate surface area is 147 Å². The van der Waals surface area contributed by atoms with Crippen LogP contribution in [0, 0.1) is 0 Å². The average molecular weight is 338 g/mol. The van der Waals surface area contributed by atoms with Crippen LogP contribution in [0.2, 0.25) is 0 Å². The van der Waals surface area contributed by atoms with Crippen LogP contribution in [-0.2, 0) is 9.53 Å². The number of carbonyl (C=O) groups is 1. The third kappa shape index (κ3) is 18.6. The summed E-state index contributed by atoms with van der Waals surface area (Å²) in [5, 5.41) is 0. The minimum Gasteiger partial charge on any atom is -0.447 e. The second kappa shape index (κ2) is 19.6. The second-order valence-electron chi connectivity index (χ2n) is 6.26. The van der Waals surface area contributed by atoms with E-state index in [0.29, 0.717) is 6.61 Å². The first-order valence-electron chi connectivity index (χ1n) is 9.71. The minimum atomic E-state index is -0.835. The van der Waals surface area contributed by atoms with Crippen LogP contribution in [-0.4, -0.2) is 18.8 Å². The van der Waals surface area contributed by atoms with E-state index < -0.39 is 6.09 Å². The van der Waals surface area contributed by atoms with Crippen LogP contribution in [0.3, 0.4) is 0 Å². The fourth-order valence-corrected chi connectivity index (χ4v) is 2.58. The van der Waals surface area contributed by atoms with Gasteiger partial charge in [0.05, 0.1) is 6.61 Å². The summed E-state index contributed by atoms with van der Waals surface area (Å²) < 4.78 is 4.72. The minimum absolute atomic E-state index is 0.338. The molecule has 0 aliphatic rings. The van der Waals surface area contributed by atoms with Gasteiger partial charge in [0.1, 0.15) is 0 Å². The molecule has 0 aromatic heterocycles. The van der Waals surface area contributed by atoms with Gasteiger partial charge in [-0.2, -0.15) is 0 Å². The third-order valence-corrected chi connectivity index (χ3v) is 4.02. The molecule has 0 aromatic carbocycles. The van der Waals surface area contributed by atoms with E-state index in [-0.39, 0.29) is 0 Å². The van der Waals surface area contributed by atoms with E-state index in [0.717, 1.165) is 19.3 Å². The maximum atomic E-state index is 10.7. The van der Waals surface area contributed by atoms with E-state index in [1.807, 2.05) is 0 Å². The molecule has 4 nitrogen and oxygen atoms in total. The van der Waals surface area contributed by atoms with Gasteiger partial charge in [-0.25, -0.2) is 9.59 Å². The molecule has 0 aliphatic heterocycles. The van der Waals surface area contributed by atoms with E-state index in [1.54, 1.807) is 0 Å². The zero-order valence-corrected chi connectivity index (χ0v) is 15.4. The first-order chi connectivity index (χ1) is 11.8. The lowest BCUT2D eigenvalue weighted by molar-refractivity contribution is 0.155. The molecular weight excluding hydrogens is 302 g/mol. The molecule has 0 fully saturated rings. The van der Waals surface area contributed by atoms with Crippen molar-refractivity contribution in [3.8, 4) is 0 Å². The zero-order valence-electron chi connectivity index (χ0n) is 15.4. The smallest absolute Gasteiger partial charge is 0.444 e. The number of isocyanates is 1. The van der Waals surface area contributed by atoms with E-state index >= 15 is 0 Å². The van der Waals surface area contributed by atoms with Gasteiger partial charge in [0.2, 0.25) is 6.08 Å². The number of hydrogen-bond acceptors (Lipinski definition) is 3. The van der Waals surface area contributed by atoms with Crippen molar-refractivity contribution in [2.75, 3.05) is 6.61 Å². The lowest BCUT2D eigenvalue weighted by Crippen LogP contribution is -2.00. The molecule has 0 aromatic rings. The number of nitrogens with zero attached hydrogens (tertiary/aromatic N) is 1. The first-order valence-corrected chi connectivity index (χ1v) is 9.71. The van der Waals surface area contributed by atoms with Crippen LogP contribution in [0.5, 0.6) is 0 Å². The maximum absolute atomic E-state index is 10.7. The standard InChI is InChI=1S/C20H35NO3/c1-2-3-4-5-6-7-8-9-10-11-12-13-14-15-16-17-18-24-20(23)21-19-22/h9-10H,2-8,11-18H2,1H3/b10-9-. The Bertz CT molecular complexity index is 360. The molecule has 1 amide bonds. The molecule has 0 radical (unpaired) electrons. The molecule has 24 heavy (non-hydrogen) atoms. The Kier molecular flexibility index (Phi) is 18.5. The molecule has 0 rings (SSSR count). The SMILES string of the molecule is CCCCCCCC/C=C\CCCCCCCCOC(=O)N=C=O. The van der Waals surface area contributed by atoms with E-state index in [4.69, 9.17) is 4.74 Å². The summed E-state index contributed by atoms with van der Waals surface area (Å²) in [5.74, 6) is 0. The molecule has 0 atom stereocenters. The van der Waals surface area contributed by atoms with Crippen molar-refractivity contribution >= 4 is 12.2 Å². The quantitative estimate of drug-likeness (QED) is 0.140. The first kappa shape index (κ1) is 22.6. The number of rotatable bonds is 16. The van der Waals surface area contributed by atoms with Crippen molar-refractivity contribution in [2.45, 2.75) is 96.8 Å². The largest absolute Gasteiger partial charge is 0.447 e. The van der Waals surface area contributed by atoms with Gasteiger partial charge in [0.25, 0.3) is 0 Å². The zero-order chi connectivity index (χ0) is 17.7. The lowest BCUT2D eigenvalue weighted by Gasteiger charge is -2.01. The van der Waals surface area contributed by atoms with Crippen molar-refractivity contribution in [3.05, 3.63) is 12.2 Å². The van der Waals surface area contributed by atoms with Gasteiger partial charge in [-0.1, -0.05) is 81.9 Å². The molecule has 0 saturated heterocycles. The van der Waals surface area contributed by atoms with Crippen molar-refractivity contribution < 1.29 is 14.3 Å². The highest BCUT2D eigenvalue weighted by atomic mass is 16.5. The maximum Gasteiger partial charge on any atom is 0.444 e. The number of hydrogen-bond donors (Lipinski definition) is 0. The molecule has 0 spiro atoms. The van der Waals surface area contributed by atoms with Crippen LogP contribution < -0.4 is 0 Å². The molecule has 0 heterocycles. The number of carbonyl (C=O) groups excluding carboxylic acids is 2. The molecule has 0 aliphatic carbocycles. The topological polar surface area (TPSA) is 55.7 Å². The highest BCUT2D eigenvalue weighted by Crippen LogP contribution is 2.10. The van der Waals surface area contributed by atoms with Gasteiger partial charge in [-0.3, -0.25) is 0 Å². The Morgan fingerprint density at radius 1 is 0.833 bits per heavy atom. The van der Waals surface area contributed by atoms with Crippen molar-refractivity contribution in [1.82, 2.24) is 0 Å². The summed E-state index contributed by atoms with van der Waals surface area (Å²) in [4.78, 5) is 23.4. The monoisotopic (exact) mass is 337 g/mol. The van der Waals surface area contributed by atoms with Crippen LogP contribution in [0.4, 0.5) is 4.79 Å². The Balaban J connectivity index is 3.15. The predicted molar refractivity (Wildman–Crippen MR) is 98.9 cm³/mol. The summed E-state index contributed by atoms with van der Waals surface area (Å²) in [6.07, 6.45) is 22.4. The fourth-order valence-electron chi connectivity index (χ4n) is 2.58. The number of amides is 1. The number of aliphatic imine (C=N–C) groups is 1. The predicted octanol–water partition coefficient (Wildman–Crippen LogP) is 6.50. The molecule has 0 N–H and O–H groups in total. The van der Waals surface area contributed by atoms with E-state index in [1.165, 1.54) is 76.7 Å². The molecule has 0 bridgehead atoms. The normalized spacial score (nSPS) is 10.7. The number of ether oxygens (including phenoxy) is 1. The summed E-state index contributed by atoms with van der Waals surface area (Å²) in [7, 11) is 0. The van der Waals surface area contributed by atoms with Crippen molar-refractivity contribution in [1.29, 1.82) is 0 Å². The van der Waals surface area contributed by atoms with Crippen LogP contribution in [0.25, 0.3) is 0 Å².